The van der Waals surface area contributed by atoms with Crippen molar-refractivity contribution in [1.82, 2.24) is 4.98 Å². The van der Waals surface area contributed by atoms with Gasteiger partial charge in [0.15, 0.2) is 0 Å². The molecule has 1 aromatic carbocycles. The molecule has 0 fully saturated rings. The Hall–Kier alpha value is -3.27. The van der Waals surface area contributed by atoms with E-state index < -0.39 is 4.92 Å². The third kappa shape index (κ3) is 2.76. The zero-order valence-corrected chi connectivity index (χ0v) is 10.0. The van der Waals surface area contributed by atoms with E-state index in [1.165, 1.54) is 36.5 Å². The first kappa shape index (κ1) is 13.2. The highest BCUT2D eigenvalue weighted by Gasteiger charge is 2.16. The van der Waals surface area contributed by atoms with Crippen molar-refractivity contribution in [2.45, 2.75) is 0 Å². The van der Waals surface area contributed by atoms with Gasteiger partial charge in [0.05, 0.1) is 10.5 Å². The fourth-order valence-electron chi connectivity index (χ4n) is 1.46. The third-order valence-corrected chi connectivity index (χ3v) is 2.40. The number of ether oxygens (including phenoxy) is 1. The zero-order chi connectivity index (χ0) is 14.5. The van der Waals surface area contributed by atoms with Crippen LogP contribution in [0, 0.1) is 21.4 Å². The highest BCUT2D eigenvalue weighted by molar-refractivity contribution is 5.77. The largest absolute Gasteiger partial charge is 0.432 e. The van der Waals surface area contributed by atoms with Crippen LogP contribution in [-0.4, -0.2) is 16.2 Å². The average molecular weight is 269 g/mol. The monoisotopic (exact) mass is 269 g/mol. The number of hydrogen-bond acceptors (Lipinski definition) is 6. The van der Waals surface area contributed by atoms with Crippen molar-refractivity contribution >= 4 is 12.0 Å². The Bertz CT molecular complexity index is 705. The van der Waals surface area contributed by atoms with Gasteiger partial charge >= 0.3 is 5.69 Å². The smallest absolute Gasteiger partial charge is 0.311 e. The van der Waals surface area contributed by atoms with Gasteiger partial charge in [-0.15, -0.1) is 0 Å². The summed E-state index contributed by atoms with van der Waals surface area (Å²) in [4.78, 5) is 24.8. The minimum absolute atomic E-state index is 0.0863. The summed E-state index contributed by atoms with van der Waals surface area (Å²) in [5.74, 6) is 0.00644. The summed E-state index contributed by atoms with van der Waals surface area (Å²) < 4.78 is 5.29. The molecular formula is C13H7N3O4. The molecule has 20 heavy (non-hydrogen) atoms. The number of rotatable bonds is 4. The van der Waals surface area contributed by atoms with Gasteiger partial charge in [0.1, 0.15) is 12.4 Å². The van der Waals surface area contributed by atoms with Crippen molar-refractivity contribution in [3.63, 3.8) is 0 Å². The van der Waals surface area contributed by atoms with Crippen LogP contribution in [0.3, 0.4) is 0 Å². The van der Waals surface area contributed by atoms with Crippen molar-refractivity contribution < 1.29 is 14.5 Å². The normalized spacial score (nSPS) is 9.55. The van der Waals surface area contributed by atoms with Crippen molar-refractivity contribution in [2.75, 3.05) is 0 Å². The van der Waals surface area contributed by atoms with Crippen LogP contribution in [0.4, 0.5) is 5.69 Å². The van der Waals surface area contributed by atoms with Gasteiger partial charge in [-0.2, -0.15) is 5.26 Å². The number of nitrogens with zero attached hydrogens (tertiary/aromatic N) is 3. The molecule has 0 atom stereocenters. The summed E-state index contributed by atoms with van der Waals surface area (Å²) in [7, 11) is 0. The molecule has 1 aromatic heterocycles. The van der Waals surface area contributed by atoms with Crippen LogP contribution in [0.15, 0.2) is 36.5 Å². The second-order valence-corrected chi connectivity index (χ2v) is 3.70. The molecule has 2 rings (SSSR count). The van der Waals surface area contributed by atoms with Crippen LogP contribution < -0.4 is 4.74 Å². The van der Waals surface area contributed by atoms with Gasteiger partial charge in [0.2, 0.25) is 11.6 Å². The summed E-state index contributed by atoms with van der Waals surface area (Å²) in [6.45, 7) is 0. The van der Waals surface area contributed by atoms with Gasteiger partial charge in [-0.05, 0) is 18.2 Å². The third-order valence-electron chi connectivity index (χ3n) is 2.40. The predicted octanol–water partition coefficient (Wildman–Crippen LogP) is 2.47. The number of nitro groups is 1. The maximum Gasteiger partial charge on any atom is 0.311 e. The minimum Gasteiger partial charge on any atom is -0.432 e. The van der Waals surface area contributed by atoms with E-state index in [-0.39, 0.29) is 22.9 Å². The molecule has 98 valence electrons. The first-order chi connectivity index (χ1) is 9.63. The van der Waals surface area contributed by atoms with Crippen LogP contribution in [0.5, 0.6) is 11.6 Å². The summed E-state index contributed by atoms with van der Waals surface area (Å²) in [6.07, 6.45) is 1.84. The molecule has 0 N–H and O–H groups in total. The molecule has 0 amide bonds. The van der Waals surface area contributed by atoms with E-state index in [1.54, 1.807) is 0 Å². The number of aromatic nitrogens is 1. The molecule has 0 saturated heterocycles. The summed E-state index contributed by atoms with van der Waals surface area (Å²) in [6, 6.07) is 8.54. The molecule has 0 aliphatic heterocycles. The van der Waals surface area contributed by atoms with Gasteiger partial charge in [-0.25, -0.2) is 4.98 Å². The Morgan fingerprint density at radius 1 is 1.35 bits per heavy atom. The topological polar surface area (TPSA) is 106 Å². The predicted molar refractivity (Wildman–Crippen MR) is 67.5 cm³/mol. The minimum atomic E-state index is -0.617. The number of nitriles is 1. The molecule has 2 aromatic rings. The zero-order valence-electron chi connectivity index (χ0n) is 10.0. The quantitative estimate of drug-likeness (QED) is 0.479. The molecule has 0 aliphatic rings. The first-order valence-corrected chi connectivity index (χ1v) is 5.41. The number of carbonyl (C=O) groups excluding carboxylic acids is 1. The van der Waals surface area contributed by atoms with Crippen LogP contribution in [0.1, 0.15) is 15.9 Å². The Labute approximate surface area is 113 Å². The first-order valence-electron chi connectivity index (χ1n) is 5.41. The fourth-order valence-corrected chi connectivity index (χ4v) is 1.46. The molecule has 0 bridgehead atoms. The van der Waals surface area contributed by atoms with Crippen molar-refractivity contribution in [2.24, 2.45) is 0 Å². The molecule has 0 unspecified atom stereocenters. The Kier molecular flexibility index (Phi) is 3.67. The Morgan fingerprint density at radius 3 is 2.70 bits per heavy atom. The number of carbonyl (C=O) groups is 1. The van der Waals surface area contributed by atoms with Gasteiger partial charge < -0.3 is 4.74 Å². The molecule has 0 aliphatic carbocycles. The van der Waals surface area contributed by atoms with E-state index >= 15 is 0 Å². The molecule has 0 radical (unpaired) electrons. The van der Waals surface area contributed by atoms with Gasteiger partial charge in [0, 0.05) is 23.9 Å². The second kappa shape index (κ2) is 5.58. The van der Waals surface area contributed by atoms with Crippen molar-refractivity contribution in [3.8, 4) is 17.7 Å². The van der Waals surface area contributed by atoms with E-state index in [2.05, 4.69) is 4.98 Å². The van der Waals surface area contributed by atoms with Crippen LogP contribution in [0.25, 0.3) is 0 Å². The van der Waals surface area contributed by atoms with Crippen LogP contribution in [0.2, 0.25) is 0 Å². The molecule has 7 heteroatoms. The highest BCUT2D eigenvalue weighted by atomic mass is 16.6. The van der Waals surface area contributed by atoms with Crippen LogP contribution in [-0.2, 0) is 0 Å². The molecular weight excluding hydrogens is 262 g/mol. The SMILES string of the molecule is N#Cc1ccc(Oc2cc(C=O)ccc2[N+](=O)[O-])nc1. The summed E-state index contributed by atoms with van der Waals surface area (Å²) in [5, 5.41) is 19.5. The lowest BCUT2D eigenvalue weighted by Gasteiger charge is -2.05. The lowest BCUT2D eigenvalue weighted by molar-refractivity contribution is -0.385. The lowest BCUT2D eigenvalue weighted by Crippen LogP contribution is -1.96. The lowest BCUT2D eigenvalue weighted by atomic mass is 10.2. The summed E-state index contributed by atoms with van der Waals surface area (Å²) in [5.41, 5.74) is 0.314. The fraction of sp³-hybridized carbons (Fsp3) is 0. The number of nitro benzene ring substituents is 1. The standard InChI is InChI=1S/C13H7N3O4/c14-6-10-2-4-13(15-7-10)20-12-5-9(8-17)1-3-11(12)16(18)19/h1-5,7-8H. The molecule has 0 saturated carbocycles. The molecule has 7 nitrogen and oxygen atoms in total. The Balaban J connectivity index is 2.37. The van der Waals surface area contributed by atoms with Gasteiger partial charge in [0.25, 0.3) is 0 Å². The Morgan fingerprint density at radius 2 is 2.15 bits per heavy atom. The van der Waals surface area contributed by atoms with Crippen LogP contribution >= 0.6 is 0 Å². The van der Waals surface area contributed by atoms with E-state index in [1.807, 2.05) is 6.07 Å². The van der Waals surface area contributed by atoms with Gasteiger partial charge in [-0.1, -0.05) is 0 Å². The van der Waals surface area contributed by atoms with E-state index in [0.717, 1.165) is 0 Å². The van der Waals surface area contributed by atoms with Gasteiger partial charge in [-0.3, -0.25) is 14.9 Å². The number of aldehydes is 1. The highest BCUT2D eigenvalue weighted by Crippen LogP contribution is 2.31. The van der Waals surface area contributed by atoms with Crippen molar-refractivity contribution in [1.29, 1.82) is 5.26 Å². The summed E-state index contributed by atoms with van der Waals surface area (Å²) >= 11 is 0. The average Bonchev–Trinajstić information content (AvgIpc) is 2.47. The molecule has 0 spiro atoms. The number of pyridine rings is 1. The van der Waals surface area contributed by atoms with E-state index in [0.29, 0.717) is 11.8 Å². The molecule has 1 heterocycles. The number of benzene rings is 1. The van der Waals surface area contributed by atoms with E-state index in [9.17, 15) is 14.9 Å². The van der Waals surface area contributed by atoms with Crippen molar-refractivity contribution in [3.05, 3.63) is 57.8 Å². The maximum atomic E-state index is 10.9. The number of hydrogen-bond donors (Lipinski definition) is 0. The maximum absolute atomic E-state index is 10.9. The second-order valence-electron chi connectivity index (χ2n) is 3.70. The van der Waals surface area contributed by atoms with E-state index in [4.69, 9.17) is 10.00 Å².